The Morgan fingerprint density at radius 3 is 2.82 bits per heavy atom. The zero-order chi connectivity index (χ0) is 12.3. The van der Waals surface area contributed by atoms with Crippen LogP contribution in [0.25, 0.3) is 0 Å². The first kappa shape index (κ1) is 12.5. The van der Waals surface area contributed by atoms with Crippen molar-refractivity contribution in [1.29, 1.82) is 0 Å². The van der Waals surface area contributed by atoms with Gasteiger partial charge in [-0.15, -0.1) is 0 Å². The van der Waals surface area contributed by atoms with Gasteiger partial charge in [0.25, 0.3) is 0 Å². The van der Waals surface area contributed by atoms with E-state index >= 15 is 0 Å². The molecular weight excluding hydrogens is 217 g/mol. The summed E-state index contributed by atoms with van der Waals surface area (Å²) in [7, 11) is 0. The van der Waals surface area contributed by atoms with E-state index in [2.05, 4.69) is 6.92 Å². The van der Waals surface area contributed by atoms with Gasteiger partial charge in [-0.05, 0) is 44.2 Å². The molecular formula is C14H20FNO. The molecule has 2 nitrogen and oxygen atoms in total. The Balaban J connectivity index is 1.85. The molecule has 1 heterocycles. The van der Waals surface area contributed by atoms with Gasteiger partial charge in [0.2, 0.25) is 0 Å². The number of benzene rings is 1. The second-order valence-corrected chi connectivity index (χ2v) is 4.94. The Hall–Kier alpha value is -0.930. The van der Waals surface area contributed by atoms with Gasteiger partial charge in [0, 0.05) is 6.04 Å². The lowest BCUT2D eigenvalue weighted by molar-refractivity contribution is 0.0470. The fourth-order valence-corrected chi connectivity index (χ4v) is 2.43. The number of hydrogen-bond acceptors (Lipinski definition) is 2. The predicted molar refractivity (Wildman–Crippen MR) is 66.3 cm³/mol. The van der Waals surface area contributed by atoms with E-state index in [0.29, 0.717) is 18.1 Å². The first-order chi connectivity index (χ1) is 8.15. The first-order valence-electron chi connectivity index (χ1n) is 6.29. The molecule has 1 aromatic carbocycles. The molecule has 0 aliphatic carbocycles. The van der Waals surface area contributed by atoms with Crippen LogP contribution >= 0.6 is 0 Å². The summed E-state index contributed by atoms with van der Waals surface area (Å²) in [6.07, 6.45) is 4.19. The minimum atomic E-state index is -0.163. The Bertz CT molecular complexity index is 369. The maximum Gasteiger partial charge on any atom is 0.126 e. The molecule has 1 aliphatic heterocycles. The van der Waals surface area contributed by atoms with E-state index in [4.69, 9.17) is 10.5 Å². The van der Waals surface area contributed by atoms with Gasteiger partial charge < -0.3 is 10.5 Å². The maximum atomic E-state index is 13.4. The van der Waals surface area contributed by atoms with E-state index < -0.39 is 0 Å². The van der Waals surface area contributed by atoms with E-state index in [-0.39, 0.29) is 18.0 Å². The van der Waals surface area contributed by atoms with E-state index in [0.717, 1.165) is 19.3 Å². The van der Waals surface area contributed by atoms with Gasteiger partial charge in [-0.3, -0.25) is 0 Å². The minimum absolute atomic E-state index is 0.0257. The summed E-state index contributed by atoms with van der Waals surface area (Å²) in [6.45, 7) is 2.09. The molecule has 1 saturated heterocycles. The van der Waals surface area contributed by atoms with Crippen molar-refractivity contribution in [2.45, 2.75) is 50.9 Å². The normalized spacial score (nSPS) is 26.1. The lowest BCUT2D eigenvalue weighted by atomic mass is 10.00. The fraction of sp³-hybridized carbons (Fsp3) is 0.571. The quantitative estimate of drug-likeness (QED) is 0.873. The van der Waals surface area contributed by atoms with Gasteiger partial charge >= 0.3 is 0 Å². The van der Waals surface area contributed by atoms with Gasteiger partial charge in [-0.25, -0.2) is 4.39 Å². The molecule has 0 aromatic heterocycles. The largest absolute Gasteiger partial charge is 0.375 e. The summed E-state index contributed by atoms with van der Waals surface area (Å²) in [5.74, 6) is -0.163. The lowest BCUT2D eigenvalue weighted by Crippen LogP contribution is -2.28. The predicted octanol–water partition coefficient (Wildman–Crippen LogP) is 2.65. The fourth-order valence-electron chi connectivity index (χ4n) is 2.43. The summed E-state index contributed by atoms with van der Waals surface area (Å²) in [4.78, 5) is 0. The highest BCUT2D eigenvalue weighted by atomic mass is 19.1. The van der Waals surface area contributed by atoms with Crippen molar-refractivity contribution in [1.82, 2.24) is 0 Å². The van der Waals surface area contributed by atoms with Crippen LogP contribution in [0.4, 0.5) is 4.39 Å². The Morgan fingerprint density at radius 1 is 1.41 bits per heavy atom. The average Bonchev–Trinajstić information content (AvgIpc) is 2.67. The van der Waals surface area contributed by atoms with Crippen LogP contribution in [0.2, 0.25) is 0 Å². The van der Waals surface area contributed by atoms with Crippen LogP contribution in [0.1, 0.15) is 31.7 Å². The smallest absolute Gasteiger partial charge is 0.126 e. The molecule has 2 N–H and O–H groups in total. The number of ether oxygens (including phenoxy) is 1. The molecule has 0 amide bonds. The van der Waals surface area contributed by atoms with Gasteiger partial charge in [0.1, 0.15) is 5.82 Å². The Kier molecular flexibility index (Phi) is 4.13. The number of hydrogen-bond donors (Lipinski definition) is 1. The maximum absolute atomic E-state index is 13.4. The van der Waals surface area contributed by atoms with Gasteiger partial charge in [-0.1, -0.05) is 18.2 Å². The summed E-state index contributed by atoms with van der Waals surface area (Å²) in [5, 5.41) is 0. The molecule has 3 atom stereocenters. The zero-order valence-corrected chi connectivity index (χ0v) is 10.2. The van der Waals surface area contributed by atoms with Gasteiger partial charge in [0.15, 0.2) is 0 Å². The van der Waals surface area contributed by atoms with Crippen molar-refractivity contribution in [2.75, 3.05) is 0 Å². The van der Waals surface area contributed by atoms with Crippen LogP contribution in [0.3, 0.4) is 0 Å². The molecule has 0 spiro atoms. The molecule has 1 fully saturated rings. The molecule has 3 unspecified atom stereocenters. The standard InChI is InChI=1S/C14H20FNO/c1-10-6-7-13(17-10)9-12(16)8-11-4-2-3-5-14(11)15/h2-5,10,12-13H,6-9,16H2,1H3. The molecule has 2 rings (SSSR count). The highest BCUT2D eigenvalue weighted by molar-refractivity contribution is 5.18. The number of nitrogens with two attached hydrogens (primary N) is 1. The van der Waals surface area contributed by atoms with E-state index in [9.17, 15) is 4.39 Å². The highest BCUT2D eigenvalue weighted by Crippen LogP contribution is 2.23. The van der Waals surface area contributed by atoms with Crippen LogP contribution in [0.15, 0.2) is 24.3 Å². The second kappa shape index (κ2) is 5.61. The number of halogens is 1. The third kappa shape index (κ3) is 3.51. The summed E-state index contributed by atoms with van der Waals surface area (Å²) >= 11 is 0. The topological polar surface area (TPSA) is 35.2 Å². The van der Waals surface area contributed by atoms with Crippen LogP contribution in [-0.2, 0) is 11.2 Å². The molecule has 0 radical (unpaired) electrons. The van der Waals surface area contributed by atoms with Crippen LogP contribution in [-0.4, -0.2) is 18.2 Å². The van der Waals surface area contributed by atoms with Crippen LogP contribution < -0.4 is 5.73 Å². The summed E-state index contributed by atoms with van der Waals surface area (Å²) in [6, 6.07) is 6.80. The van der Waals surface area contributed by atoms with Gasteiger partial charge in [-0.2, -0.15) is 0 Å². The van der Waals surface area contributed by atoms with Crippen LogP contribution in [0.5, 0.6) is 0 Å². The molecule has 0 bridgehead atoms. The Morgan fingerprint density at radius 2 is 2.18 bits per heavy atom. The van der Waals surface area contributed by atoms with Crippen molar-refractivity contribution in [3.05, 3.63) is 35.6 Å². The highest BCUT2D eigenvalue weighted by Gasteiger charge is 2.23. The van der Waals surface area contributed by atoms with E-state index in [1.54, 1.807) is 12.1 Å². The van der Waals surface area contributed by atoms with Crippen molar-refractivity contribution in [2.24, 2.45) is 5.73 Å². The molecule has 0 saturated carbocycles. The van der Waals surface area contributed by atoms with E-state index in [1.807, 2.05) is 6.07 Å². The third-order valence-electron chi connectivity index (χ3n) is 3.33. The average molecular weight is 237 g/mol. The summed E-state index contributed by atoms with van der Waals surface area (Å²) in [5.41, 5.74) is 6.75. The second-order valence-electron chi connectivity index (χ2n) is 4.94. The lowest BCUT2D eigenvalue weighted by Gasteiger charge is -2.17. The molecule has 94 valence electrons. The minimum Gasteiger partial charge on any atom is -0.375 e. The third-order valence-corrected chi connectivity index (χ3v) is 3.33. The van der Waals surface area contributed by atoms with Gasteiger partial charge in [0.05, 0.1) is 12.2 Å². The van der Waals surface area contributed by atoms with Crippen molar-refractivity contribution < 1.29 is 9.13 Å². The zero-order valence-electron chi connectivity index (χ0n) is 10.2. The number of rotatable bonds is 4. The summed E-state index contributed by atoms with van der Waals surface area (Å²) < 4.78 is 19.2. The van der Waals surface area contributed by atoms with E-state index in [1.165, 1.54) is 6.07 Å². The molecule has 1 aliphatic rings. The van der Waals surface area contributed by atoms with Crippen molar-refractivity contribution in [3.8, 4) is 0 Å². The molecule has 3 heteroatoms. The van der Waals surface area contributed by atoms with Crippen molar-refractivity contribution >= 4 is 0 Å². The molecule has 17 heavy (non-hydrogen) atoms. The van der Waals surface area contributed by atoms with Crippen LogP contribution in [0, 0.1) is 5.82 Å². The first-order valence-corrected chi connectivity index (χ1v) is 6.29. The monoisotopic (exact) mass is 237 g/mol. The SMILES string of the molecule is CC1CCC(CC(N)Cc2ccccc2F)O1. The Labute approximate surface area is 102 Å². The molecule has 1 aromatic rings. The van der Waals surface area contributed by atoms with Crippen molar-refractivity contribution in [3.63, 3.8) is 0 Å².